The van der Waals surface area contributed by atoms with Crippen LogP contribution in [0, 0.1) is 11.3 Å². The number of nitriles is 1. The van der Waals surface area contributed by atoms with Gasteiger partial charge in [-0.1, -0.05) is 37.3 Å². The molecular formula is C23H21N3O2S. The largest absolute Gasteiger partial charge is 0.462 e. The van der Waals surface area contributed by atoms with Gasteiger partial charge < -0.3 is 4.74 Å². The Hall–Kier alpha value is -3.30. The van der Waals surface area contributed by atoms with Crippen LogP contribution in [0.5, 0.6) is 0 Å². The fourth-order valence-electron chi connectivity index (χ4n) is 2.81. The van der Waals surface area contributed by atoms with Crippen molar-refractivity contribution < 1.29 is 9.53 Å². The van der Waals surface area contributed by atoms with Crippen molar-refractivity contribution in [2.24, 2.45) is 0 Å². The van der Waals surface area contributed by atoms with Crippen LogP contribution in [-0.2, 0) is 9.53 Å². The highest BCUT2D eigenvalue weighted by atomic mass is 32.2. The standard InChI is InChI=1S/C23H21N3O2S/c1-3-28-23(27)18(15-24)14-19-16-26(20-8-6-5-7-9-20)25-22(19)17-10-12-21(13-11-17)29-4-2/h5-14,16H,3-4H2,1-2H3. The van der Waals surface area contributed by atoms with Gasteiger partial charge in [-0.3, -0.25) is 0 Å². The Balaban J connectivity index is 2.09. The summed E-state index contributed by atoms with van der Waals surface area (Å²) in [4.78, 5) is 13.3. The molecule has 3 rings (SSSR count). The van der Waals surface area contributed by atoms with Crippen molar-refractivity contribution in [3.63, 3.8) is 0 Å². The zero-order chi connectivity index (χ0) is 20.6. The van der Waals surface area contributed by atoms with Crippen LogP contribution in [0.1, 0.15) is 19.4 Å². The van der Waals surface area contributed by atoms with Gasteiger partial charge in [-0.25, -0.2) is 9.48 Å². The van der Waals surface area contributed by atoms with Gasteiger partial charge in [0.1, 0.15) is 11.6 Å². The number of hydrogen-bond donors (Lipinski definition) is 0. The number of rotatable bonds is 7. The summed E-state index contributed by atoms with van der Waals surface area (Å²) in [5.41, 5.74) is 3.11. The number of para-hydroxylation sites is 1. The Kier molecular flexibility index (Phi) is 6.88. The minimum absolute atomic E-state index is 0.0566. The molecule has 3 aromatic rings. The summed E-state index contributed by atoms with van der Waals surface area (Å²) in [6.07, 6.45) is 3.35. The van der Waals surface area contributed by atoms with E-state index in [4.69, 9.17) is 9.84 Å². The molecule has 1 heterocycles. The number of aromatic nitrogens is 2. The van der Waals surface area contributed by atoms with Crippen LogP contribution in [0.15, 0.2) is 71.3 Å². The molecule has 0 saturated carbocycles. The second-order valence-corrected chi connectivity index (χ2v) is 7.40. The molecule has 0 bridgehead atoms. The van der Waals surface area contributed by atoms with E-state index in [1.165, 1.54) is 11.0 Å². The molecule has 2 aromatic carbocycles. The van der Waals surface area contributed by atoms with E-state index >= 15 is 0 Å². The van der Waals surface area contributed by atoms with Gasteiger partial charge >= 0.3 is 5.97 Å². The monoisotopic (exact) mass is 403 g/mol. The summed E-state index contributed by atoms with van der Waals surface area (Å²) in [5, 5.41) is 14.1. The molecule has 0 saturated heterocycles. The third kappa shape index (κ3) is 4.95. The van der Waals surface area contributed by atoms with Crippen LogP contribution in [0.4, 0.5) is 0 Å². The lowest BCUT2D eigenvalue weighted by atomic mass is 10.1. The normalized spacial score (nSPS) is 11.1. The summed E-state index contributed by atoms with van der Waals surface area (Å²) in [6.45, 7) is 4.04. The van der Waals surface area contributed by atoms with Crippen LogP contribution in [-0.4, -0.2) is 28.1 Å². The molecule has 0 fully saturated rings. The first-order chi connectivity index (χ1) is 14.2. The van der Waals surface area contributed by atoms with E-state index in [-0.39, 0.29) is 12.2 Å². The second kappa shape index (κ2) is 9.76. The SMILES string of the molecule is CCOC(=O)C(C#N)=Cc1cn(-c2ccccc2)nc1-c1ccc(SCC)cc1. The van der Waals surface area contributed by atoms with Gasteiger partial charge in [0.25, 0.3) is 0 Å². The fourth-order valence-corrected chi connectivity index (χ4v) is 3.47. The highest BCUT2D eigenvalue weighted by Gasteiger charge is 2.15. The second-order valence-electron chi connectivity index (χ2n) is 6.06. The van der Waals surface area contributed by atoms with E-state index in [0.717, 1.165) is 17.0 Å². The number of ether oxygens (including phenoxy) is 1. The van der Waals surface area contributed by atoms with Crippen molar-refractivity contribution in [2.75, 3.05) is 12.4 Å². The van der Waals surface area contributed by atoms with E-state index in [2.05, 4.69) is 19.1 Å². The molecule has 0 N–H and O–H groups in total. The van der Waals surface area contributed by atoms with Crippen LogP contribution in [0.3, 0.4) is 0 Å². The zero-order valence-electron chi connectivity index (χ0n) is 16.3. The third-order valence-corrected chi connectivity index (χ3v) is 5.01. The van der Waals surface area contributed by atoms with Gasteiger partial charge in [-0.15, -0.1) is 11.8 Å². The van der Waals surface area contributed by atoms with E-state index < -0.39 is 5.97 Å². The molecule has 0 radical (unpaired) electrons. The van der Waals surface area contributed by atoms with Crippen molar-refractivity contribution >= 4 is 23.8 Å². The number of carbonyl (C=O) groups excluding carboxylic acids is 1. The summed E-state index contributed by atoms with van der Waals surface area (Å²) >= 11 is 1.77. The van der Waals surface area contributed by atoms with Crippen molar-refractivity contribution in [3.8, 4) is 23.0 Å². The van der Waals surface area contributed by atoms with Gasteiger partial charge in [0.2, 0.25) is 0 Å². The molecule has 0 aliphatic carbocycles. The smallest absolute Gasteiger partial charge is 0.348 e. The summed E-state index contributed by atoms with van der Waals surface area (Å²) < 4.78 is 6.73. The summed E-state index contributed by atoms with van der Waals surface area (Å²) in [7, 11) is 0. The summed E-state index contributed by atoms with van der Waals surface area (Å²) in [6, 6.07) is 19.7. The molecule has 0 aliphatic rings. The Morgan fingerprint density at radius 1 is 1.17 bits per heavy atom. The maximum Gasteiger partial charge on any atom is 0.348 e. The quantitative estimate of drug-likeness (QED) is 0.237. The number of thioether (sulfide) groups is 1. The molecule has 29 heavy (non-hydrogen) atoms. The average molecular weight is 404 g/mol. The molecular weight excluding hydrogens is 382 g/mol. The maximum absolute atomic E-state index is 12.1. The molecule has 0 unspecified atom stereocenters. The molecule has 0 spiro atoms. The third-order valence-electron chi connectivity index (χ3n) is 4.12. The van der Waals surface area contributed by atoms with E-state index in [1.54, 1.807) is 23.4 Å². The zero-order valence-corrected chi connectivity index (χ0v) is 17.1. The minimum atomic E-state index is -0.636. The van der Waals surface area contributed by atoms with Crippen LogP contribution >= 0.6 is 11.8 Å². The molecule has 1 aromatic heterocycles. The highest BCUT2D eigenvalue weighted by Crippen LogP contribution is 2.28. The van der Waals surface area contributed by atoms with Crippen molar-refractivity contribution in [1.29, 1.82) is 5.26 Å². The minimum Gasteiger partial charge on any atom is -0.462 e. The Morgan fingerprint density at radius 3 is 2.52 bits per heavy atom. The van der Waals surface area contributed by atoms with Gasteiger partial charge in [0.15, 0.2) is 0 Å². The predicted molar refractivity (Wildman–Crippen MR) is 116 cm³/mol. The van der Waals surface area contributed by atoms with E-state index in [1.807, 2.05) is 54.7 Å². The predicted octanol–water partition coefficient (Wildman–Crippen LogP) is 5.12. The van der Waals surface area contributed by atoms with Crippen molar-refractivity contribution in [2.45, 2.75) is 18.7 Å². The first-order valence-electron chi connectivity index (χ1n) is 9.33. The average Bonchev–Trinajstić information content (AvgIpc) is 3.17. The molecule has 0 aliphatic heterocycles. The van der Waals surface area contributed by atoms with E-state index in [9.17, 15) is 10.1 Å². The number of hydrogen-bond acceptors (Lipinski definition) is 5. The lowest BCUT2D eigenvalue weighted by Gasteiger charge is -2.03. The first kappa shape index (κ1) is 20.4. The van der Waals surface area contributed by atoms with Gasteiger partial charge in [-0.05, 0) is 43.0 Å². The topological polar surface area (TPSA) is 67.9 Å². The Labute approximate surface area is 174 Å². The Morgan fingerprint density at radius 2 is 1.90 bits per heavy atom. The van der Waals surface area contributed by atoms with Gasteiger partial charge in [0, 0.05) is 22.2 Å². The lowest BCUT2D eigenvalue weighted by Crippen LogP contribution is -2.06. The van der Waals surface area contributed by atoms with Gasteiger partial charge in [0.05, 0.1) is 18.0 Å². The maximum atomic E-state index is 12.1. The lowest BCUT2D eigenvalue weighted by molar-refractivity contribution is -0.137. The Bertz CT molecular complexity index is 1050. The highest BCUT2D eigenvalue weighted by molar-refractivity contribution is 7.99. The van der Waals surface area contributed by atoms with E-state index in [0.29, 0.717) is 11.3 Å². The molecule has 146 valence electrons. The number of esters is 1. The van der Waals surface area contributed by atoms with Crippen LogP contribution < -0.4 is 0 Å². The number of carbonyl (C=O) groups is 1. The molecule has 6 heteroatoms. The number of nitrogens with zero attached hydrogens (tertiary/aromatic N) is 3. The molecule has 0 amide bonds. The first-order valence-corrected chi connectivity index (χ1v) is 10.3. The molecule has 5 nitrogen and oxygen atoms in total. The molecule has 0 atom stereocenters. The van der Waals surface area contributed by atoms with Crippen LogP contribution in [0.25, 0.3) is 23.0 Å². The van der Waals surface area contributed by atoms with Crippen molar-refractivity contribution in [3.05, 3.63) is 71.9 Å². The number of benzene rings is 2. The van der Waals surface area contributed by atoms with Crippen molar-refractivity contribution in [1.82, 2.24) is 9.78 Å². The van der Waals surface area contributed by atoms with Crippen LogP contribution in [0.2, 0.25) is 0 Å². The fraction of sp³-hybridized carbons (Fsp3) is 0.174. The van der Waals surface area contributed by atoms with Gasteiger partial charge in [-0.2, -0.15) is 10.4 Å². The summed E-state index contributed by atoms with van der Waals surface area (Å²) in [5.74, 6) is 0.365.